The zero-order valence-corrected chi connectivity index (χ0v) is 40.4. The lowest BCUT2D eigenvalue weighted by Crippen LogP contribution is -1.99. The normalized spacial score (nSPS) is 11.9. The van der Waals surface area contributed by atoms with Crippen LogP contribution >= 0.6 is 22.7 Å². The molecule has 0 amide bonds. The number of aliphatic hydroxyl groups is 2. The highest BCUT2D eigenvalue weighted by Gasteiger charge is 2.26. The standard InChI is InChI=1S/C66H42O4S2/c67-37-41-35-55(53-27-13-25-51-47-21-9-11-29-59(47)71-65(51)53)63(49-23-7-5-17-43(41)49)69-57-33-31-39-15-1-3-19-45(39)61(57)62-46-20-4-2-16-40(46)32-34-58(62)70-64-50-24-8-6-18-44(50)42(38-68)36-56(64)54-28-14-26-52-48-22-10-12-30-60(48)72-66(52)54/h1-36,67-68H,37-38H2. The highest BCUT2D eigenvalue weighted by Crippen LogP contribution is 2.53. The van der Waals surface area contributed by atoms with Crippen molar-refractivity contribution in [2.45, 2.75) is 13.2 Å². The van der Waals surface area contributed by atoms with E-state index in [0.717, 1.165) is 97.0 Å². The van der Waals surface area contributed by atoms with Crippen LogP contribution in [0.5, 0.6) is 23.0 Å². The average molecular weight is 963 g/mol. The van der Waals surface area contributed by atoms with Gasteiger partial charge < -0.3 is 19.7 Å². The molecular formula is C66H42O4S2. The zero-order valence-electron chi connectivity index (χ0n) is 38.7. The summed E-state index contributed by atoms with van der Waals surface area (Å²) in [5, 5.41) is 34.6. The van der Waals surface area contributed by atoms with Crippen LogP contribution in [0, 0.1) is 0 Å². The van der Waals surface area contributed by atoms with E-state index in [1.54, 1.807) is 22.7 Å². The van der Waals surface area contributed by atoms with Crippen molar-refractivity contribution in [3.05, 3.63) is 230 Å². The van der Waals surface area contributed by atoms with Crippen LogP contribution < -0.4 is 9.47 Å². The van der Waals surface area contributed by atoms with Crippen LogP contribution in [-0.4, -0.2) is 10.2 Å². The molecule has 0 saturated carbocycles. The molecule has 14 aromatic rings. The van der Waals surface area contributed by atoms with Gasteiger partial charge in [0.2, 0.25) is 0 Å². The molecule has 0 spiro atoms. The lowest BCUT2D eigenvalue weighted by Gasteiger charge is -2.23. The van der Waals surface area contributed by atoms with Crippen LogP contribution in [0.2, 0.25) is 0 Å². The Morgan fingerprint density at radius 2 is 0.667 bits per heavy atom. The van der Waals surface area contributed by atoms with Gasteiger partial charge in [0, 0.05) is 84.5 Å². The Kier molecular flexibility index (Phi) is 10.2. The number of benzene rings is 12. The molecule has 342 valence electrons. The van der Waals surface area contributed by atoms with Crippen molar-refractivity contribution in [3.63, 3.8) is 0 Å². The Bertz CT molecular complexity index is 4220. The molecule has 12 aromatic carbocycles. The topological polar surface area (TPSA) is 58.9 Å². The molecule has 4 nitrogen and oxygen atoms in total. The second kappa shape index (κ2) is 17.2. The zero-order chi connectivity index (χ0) is 47.9. The van der Waals surface area contributed by atoms with Gasteiger partial charge in [0.1, 0.15) is 23.0 Å². The number of thiophene rings is 2. The van der Waals surface area contributed by atoms with Crippen molar-refractivity contribution < 1.29 is 19.7 Å². The first-order valence-electron chi connectivity index (χ1n) is 24.2. The minimum absolute atomic E-state index is 0.124. The van der Waals surface area contributed by atoms with Crippen molar-refractivity contribution in [3.8, 4) is 56.4 Å². The van der Waals surface area contributed by atoms with E-state index in [4.69, 9.17) is 9.47 Å². The molecule has 0 aliphatic rings. The maximum absolute atomic E-state index is 11.0. The fraction of sp³-hybridized carbons (Fsp3) is 0.0303. The highest BCUT2D eigenvalue weighted by atomic mass is 32.1. The van der Waals surface area contributed by atoms with Crippen LogP contribution in [0.25, 0.3) is 117 Å². The molecule has 2 aromatic heterocycles. The van der Waals surface area contributed by atoms with Crippen LogP contribution in [0.4, 0.5) is 0 Å². The minimum atomic E-state index is -0.124. The van der Waals surface area contributed by atoms with E-state index in [-0.39, 0.29) is 13.2 Å². The highest BCUT2D eigenvalue weighted by molar-refractivity contribution is 7.26. The fourth-order valence-electron chi connectivity index (χ4n) is 11.1. The van der Waals surface area contributed by atoms with Gasteiger partial charge in [0.05, 0.1) is 13.2 Å². The summed E-state index contributed by atoms with van der Waals surface area (Å²) in [6.45, 7) is -0.247. The molecule has 0 saturated heterocycles. The van der Waals surface area contributed by atoms with Crippen LogP contribution in [0.15, 0.2) is 218 Å². The first-order chi connectivity index (χ1) is 35.6. The molecule has 2 N–H and O–H groups in total. The lowest BCUT2D eigenvalue weighted by atomic mass is 9.91. The van der Waals surface area contributed by atoms with E-state index in [2.05, 4.69) is 194 Å². The monoisotopic (exact) mass is 962 g/mol. The Hall–Kier alpha value is -8.36. The summed E-state index contributed by atoms with van der Waals surface area (Å²) in [7, 11) is 0. The van der Waals surface area contributed by atoms with E-state index in [1.165, 1.54) is 30.9 Å². The van der Waals surface area contributed by atoms with Gasteiger partial charge in [-0.15, -0.1) is 22.7 Å². The summed E-state index contributed by atoms with van der Waals surface area (Å²) < 4.78 is 20.1. The number of aliphatic hydroxyl groups excluding tert-OH is 2. The van der Waals surface area contributed by atoms with Gasteiger partial charge in [-0.25, -0.2) is 0 Å². The fourth-order valence-corrected chi connectivity index (χ4v) is 13.5. The van der Waals surface area contributed by atoms with Gasteiger partial charge in [-0.05, 0) is 79.8 Å². The number of rotatable bonds is 9. The Labute approximate surface area is 422 Å². The summed E-state index contributed by atoms with van der Waals surface area (Å²) in [6.07, 6.45) is 0. The predicted octanol–water partition coefficient (Wildman–Crippen LogP) is 18.6. The Balaban J connectivity index is 1.04. The van der Waals surface area contributed by atoms with E-state index in [1.807, 2.05) is 24.3 Å². The smallest absolute Gasteiger partial charge is 0.143 e. The molecular weight excluding hydrogens is 921 g/mol. The van der Waals surface area contributed by atoms with Gasteiger partial charge in [-0.1, -0.05) is 182 Å². The van der Waals surface area contributed by atoms with Crippen molar-refractivity contribution in [2.24, 2.45) is 0 Å². The first-order valence-corrected chi connectivity index (χ1v) is 25.8. The number of hydrogen-bond donors (Lipinski definition) is 2. The number of hydrogen-bond acceptors (Lipinski definition) is 6. The van der Waals surface area contributed by atoms with Crippen molar-refractivity contribution >= 4 is 106 Å². The largest absolute Gasteiger partial charge is 0.455 e. The van der Waals surface area contributed by atoms with Crippen molar-refractivity contribution in [1.82, 2.24) is 0 Å². The molecule has 0 aliphatic heterocycles. The quantitative estimate of drug-likeness (QED) is 0.151. The SMILES string of the molecule is OCc1cc(-c2cccc3c2sc2ccccc23)c(Oc2ccc3ccccc3c2-c2c(Oc3c(-c4cccc5c4sc4ccccc45)cc(CO)c4ccccc34)ccc3ccccc23)c2ccccc12. The van der Waals surface area contributed by atoms with Gasteiger partial charge in [-0.3, -0.25) is 0 Å². The third kappa shape index (κ3) is 6.72. The van der Waals surface area contributed by atoms with Gasteiger partial charge in [-0.2, -0.15) is 0 Å². The second-order valence-electron chi connectivity index (χ2n) is 18.3. The third-order valence-electron chi connectivity index (χ3n) is 14.3. The van der Waals surface area contributed by atoms with Crippen LogP contribution in [-0.2, 0) is 13.2 Å². The molecule has 2 heterocycles. The van der Waals surface area contributed by atoms with Crippen LogP contribution in [0.1, 0.15) is 11.1 Å². The molecule has 0 radical (unpaired) electrons. The Morgan fingerprint density at radius 3 is 1.10 bits per heavy atom. The molecule has 0 unspecified atom stereocenters. The molecule has 14 rings (SSSR count). The lowest BCUT2D eigenvalue weighted by molar-refractivity contribution is 0.283. The number of fused-ring (bicyclic) bond motifs is 10. The summed E-state index contributed by atoms with van der Waals surface area (Å²) in [4.78, 5) is 0. The maximum atomic E-state index is 11.0. The van der Waals surface area contributed by atoms with E-state index in [9.17, 15) is 10.2 Å². The predicted molar refractivity (Wildman–Crippen MR) is 303 cm³/mol. The summed E-state index contributed by atoms with van der Waals surface area (Å²) in [5.74, 6) is 2.74. The summed E-state index contributed by atoms with van der Waals surface area (Å²) >= 11 is 3.56. The molecule has 0 fully saturated rings. The molecule has 0 atom stereocenters. The van der Waals surface area contributed by atoms with Gasteiger partial charge in [0.25, 0.3) is 0 Å². The maximum Gasteiger partial charge on any atom is 0.143 e. The van der Waals surface area contributed by atoms with E-state index < -0.39 is 0 Å². The molecule has 0 bridgehead atoms. The van der Waals surface area contributed by atoms with Gasteiger partial charge >= 0.3 is 0 Å². The average Bonchev–Trinajstić information content (AvgIpc) is 4.02. The number of ether oxygens (including phenoxy) is 2. The third-order valence-corrected chi connectivity index (χ3v) is 16.8. The van der Waals surface area contributed by atoms with E-state index >= 15 is 0 Å². The summed E-state index contributed by atoms with van der Waals surface area (Å²) in [5.41, 5.74) is 7.33. The van der Waals surface area contributed by atoms with Crippen LogP contribution in [0.3, 0.4) is 0 Å². The summed E-state index contributed by atoms with van der Waals surface area (Å²) in [6, 6.07) is 76.3. The Morgan fingerprint density at radius 1 is 0.306 bits per heavy atom. The molecule has 6 heteroatoms. The van der Waals surface area contributed by atoms with E-state index in [0.29, 0.717) is 23.0 Å². The molecule has 72 heavy (non-hydrogen) atoms. The second-order valence-corrected chi connectivity index (χ2v) is 20.4. The minimum Gasteiger partial charge on any atom is -0.455 e. The first kappa shape index (κ1) is 42.5. The van der Waals surface area contributed by atoms with Gasteiger partial charge in [0.15, 0.2) is 0 Å². The van der Waals surface area contributed by atoms with Crippen molar-refractivity contribution in [1.29, 1.82) is 0 Å². The van der Waals surface area contributed by atoms with Crippen molar-refractivity contribution in [2.75, 3.05) is 0 Å². The molecule has 0 aliphatic carbocycles.